The van der Waals surface area contributed by atoms with E-state index in [4.69, 9.17) is 14.0 Å². The number of halogens is 1. The van der Waals surface area contributed by atoms with Crippen LogP contribution in [0.2, 0.25) is 0 Å². The molecule has 0 radical (unpaired) electrons. The van der Waals surface area contributed by atoms with Gasteiger partial charge in [0.2, 0.25) is 5.91 Å². The van der Waals surface area contributed by atoms with Gasteiger partial charge in [-0.15, -0.1) is 0 Å². The van der Waals surface area contributed by atoms with Gasteiger partial charge in [-0.25, -0.2) is 4.39 Å². The highest BCUT2D eigenvalue weighted by atomic mass is 19.1. The fourth-order valence-corrected chi connectivity index (χ4v) is 3.06. The van der Waals surface area contributed by atoms with Crippen molar-refractivity contribution >= 4 is 16.9 Å². The van der Waals surface area contributed by atoms with Gasteiger partial charge in [0.05, 0.1) is 13.0 Å². The van der Waals surface area contributed by atoms with Crippen molar-refractivity contribution in [2.75, 3.05) is 13.3 Å². The smallest absolute Gasteiger partial charge is 0.226 e. The van der Waals surface area contributed by atoms with E-state index in [1.807, 2.05) is 18.2 Å². The zero-order valence-corrected chi connectivity index (χ0v) is 14.0. The fourth-order valence-electron chi connectivity index (χ4n) is 3.06. The average Bonchev–Trinajstić information content (AvgIpc) is 3.04. The SMILES string of the molecule is O=C(Cc1noc2ccccc12)NCCc1cc(F)cc2c1OCOC2. The zero-order chi connectivity index (χ0) is 17.9. The van der Waals surface area contributed by atoms with Gasteiger partial charge >= 0.3 is 0 Å². The Labute approximate surface area is 148 Å². The molecule has 7 heteroatoms. The van der Waals surface area contributed by atoms with Crippen LogP contribution < -0.4 is 10.1 Å². The molecule has 0 atom stereocenters. The number of hydrogen-bond donors (Lipinski definition) is 1. The predicted octanol–water partition coefficient (Wildman–Crippen LogP) is 2.73. The molecule has 1 amide bonds. The Morgan fingerprint density at radius 1 is 1.27 bits per heavy atom. The van der Waals surface area contributed by atoms with E-state index in [-0.39, 0.29) is 24.9 Å². The largest absolute Gasteiger partial charge is 0.467 e. The summed E-state index contributed by atoms with van der Waals surface area (Å²) in [6.45, 7) is 0.845. The van der Waals surface area contributed by atoms with Gasteiger partial charge in [-0.1, -0.05) is 17.3 Å². The van der Waals surface area contributed by atoms with Crippen LogP contribution in [0.3, 0.4) is 0 Å². The van der Waals surface area contributed by atoms with E-state index in [1.165, 1.54) is 12.1 Å². The molecule has 0 fully saturated rings. The van der Waals surface area contributed by atoms with Crippen molar-refractivity contribution < 1.29 is 23.2 Å². The van der Waals surface area contributed by atoms with Gasteiger partial charge in [-0.3, -0.25) is 4.79 Å². The van der Waals surface area contributed by atoms with Gasteiger partial charge in [0.15, 0.2) is 12.4 Å². The molecule has 0 aliphatic carbocycles. The molecule has 2 aromatic carbocycles. The number of ether oxygens (including phenoxy) is 2. The number of para-hydroxylation sites is 1. The van der Waals surface area contributed by atoms with Crippen molar-refractivity contribution in [3.63, 3.8) is 0 Å². The third-order valence-electron chi connectivity index (χ3n) is 4.25. The summed E-state index contributed by atoms with van der Waals surface area (Å²) in [5.41, 5.74) is 2.66. The van der Waals surface area contributed by atoms with Gasteiger partial charge in [-0.2, -0.15) is 0 Å². The summed E-state index contributed by atoms with van der Waals surface area (Å²) in [5.74, 6) is 0.140. The predicted molar refractivity (Wildman–Crippen MR) is 91.1 cm³/mol. The number of nitrogens with one attached hydrogen (secondary N) is 1. The first-order valence-corrected chi connectivity index (χ1v) is 8.32. The highest BCUT2D eigenvalue weighted by Gasteiger charge is 2.17. The molecule has 0 saturated carbocycles. The molecule has 134 valence electrons. The standard InChI is InChI=1S/C19H17FN2O4/c20-14-7-12(19-13(8-14)10-24-11-25-19)5-6-21-18(23)9-16-15-3-1-2-4-17(15)26-22-16/h1-4,7-8H,5-6,9-11H2,(H,21,23). The van der Waals surface area contributed by atoms with Crippen molar-refractivity contribution in [1.82, 2.24) is 10.5 Å². The number of fused-ring (bicyclic) bond motifs is 2. The molecule has 1 N–H and O–H groups in total. The van der Waals surface area contributed by atoms with E-state index in [9.17, 15) is 9.18 Å². The lowest BCUT2D eigenvalue weighted by Crippen LogP contribution is -2.27. The third-order valence-corrected chi connectivity index (χ3v) is 4.25. The van der Waals surface area contributed by atoms with E-state index in [0.717, 1.165) is 10.9 Å². The fraction of sp³-hybridized carbons (Fsp3) is 0.263. The monoisotopic (exact) mass is 356 g/mol. The van der Waals surface area contributed by atoms with E-state index < -0.39 is 0 Å². The Balaban J connectivity index is 1.38. The minimum absolute atomic E-state index is 0.128. The molecule has 0 unspecified atom stereocenters. The highest BCUT2D eigenvalue weighted by Crippen LogP contribution is 2.29. The second kappa shape index (κ2) is 7.13. The molecule has 0 spiro atoms. The van der Waals surface area contributed by atoms with Crippen LogP contribution in [0.25, 0.3) is 11.0 Å². The van der Waals surface area contributed by atoms with E-state index in [0.29, 0.717) is 42.2 Å². The number of carbonyl (C=O) groups excluding carboxylic acids is 1. The number of amides is 1. The quantitative estimate of drug-likeness (QED) is 0.761. The lowest BCUT2D eigenvalue weighted by Gasteiger charge is -2.20. The van der Waals surface area contributed by atoms with Crippen LogP contribution in [0.1, 0.15) is 16.8 Å². The summed E-state index contributed by atoms with van der Waals surface area (Å²) in [5, 5.41) is 7.61. The molecule has 2 heterocycles. The van der Waals surface area contributed by atoms with Crippen LogP contribution in [-0.2, 0) is 29.0 Å². The maximum atomic E-state index is 13.7. The second-order valence-electron chi connectivity index (χ2n) is 6.07. The summed E-state index contributed by atoms with van der Waals surface area (Å²) in [7, 11) is 0. The second-order valence-corrected chi connectivity index (χ2v) is 6.07. The minimum Gasteiger partial charge on any atom is -0.467 e. The van der Waals surface area contributed by atoms with Gasteiger partial charge < -0.3 is 19.3 Å². The molecule has 1 aliphatic rings. The van der Waals surface area contributed by atoms with E-state index in [1.54, 1.807) is 6.07 Å². The van der Waals surface area contributed by atoms with Crippen LogP contribution >= 0.6 is 0 Å². The summed E-state index contributed by atoms with van der Waals surface area (Å²) in [6.07, 6.45) is 0.591. The van der Waals surface area contributed by atoms with Crippen molar-refractivity contribution in [1.29, 1.82) is 0 Å². The molecule has 0 bridgehead atoms. The van der Waals surface area contributed by atoms with Crippen molar-refractivity contribution in [3.8, 4) is 5.75 Å². The number of benzene rings is 2. The first kappa shape index (κ1) is 16.5. The number of carbonyl (C=O) groups is 1. The van der Waals surface area contributed by atoms with Gasteiger partial charge in [0, 0.05) is 17.5 Å². The molecular formula is C19H17FN2O4. The molecule has 1 aromatic heterocycles. The lowest BCUT2D eigenvalue weighted by atomic mass is 10.1. The first-order chi connectivity index (χ1) is 12.7. The molecule has 3 aromatic rings. The number of rotatable bonds is 5. The zero-order valence-electron chi connectivity index (χ0n) is 14.0. The average molecular weight is 356 g/mol. The van der Waals surface area contributed by atoms with Gasteiger partial charge in [0.1, 0.15) is 17.3 Å². The Morgan fingerprint density at radius 3 is 3.08 bits per heavy atom. The van der Waals surface area contributed by atoms with Crippen molar-refractivity contribution in [2.45, 2.75) is 19.4 Å². The maximum Gasteiger partial charge on any atom is 0.226 e. The van der Waals surface area contributed by atoms with E-state index in [2.05, 4.69) is 10.5 Å². The molecule has 0 saturated heterocycles. The van der Waals surface area contributed by atoms with Crippen LogP contribution in [0.4, 0.5) is 4.39 Å². The Kier molecular flexibility index (Phi) is 4.53. The molecule has 1 aliphatic heterocycles. The highest BCUT2D eigenvalue weighted by molar-refractivity contribution is 5.86. The normalized spacial score (nSPS) is 13.3. The van der Waals surface area contributed by atoms with E-state index >= 15 is 0 Å². The first-order valence-electron chi connectivity index (χ1n) is 8.32. The Bertz CT molecular complexity index is 954. The summed E-state index contributed by atoms with van der Waals surface area (Å²) in [4.78, 5) is 12.2. The molecule has 26 heavy (non-hydrogen) atoms. The number of nitrogens with zero attached hydrogens (tertiary/aromatic N) is 1. The molecule has 4 rings (SSSR count). The third kappa shape index (κ3) is 3.39. The topological polar surface area (TPSA) is 73.6 Å². The minimum atomic E-state index is -0.340. The number of aromatic nitrogens is 1. The number of hydrogen-bond acceptors (Lipinski definition) is 5. The van der Waals surface area contributed by atoms with Crippen LogP contribution in [-0.4, -0.2) is 24.4 Å². The lowest BCUT2D eigenvalue weighted by molar-refractivity contribution is -0.120. The van der Waals surface area contributed by atoms with Crippen LogP contribution in [0.5, 0.6) is 5.75 Å². The van der Waals surface area contributed by atoms with Gasteiger partial charge in [-0.05, 0) is 36.2 Å². The van der Waals surface area contributed by atoms with Crippen molar-refractivity contribution in [2.24, 2.45) is 0 Å². The summed E-state index contributed by atoms with van der Waals surface area (Å²) < 4.78 is 29.6. The maximum absolute atomic E-state index is 13.7. The Hall–Kier alpha value is -2.93. The summed E-state index contributed by atoms with van der Waals surface area (Å²) in [6, 6.07) is 10.2. The van der Waals surface area contributed by atoms with Gasteiger partial charge in [0.25, 0.3) is 0 Å². The van der Waals surface area contributed by atoms with Crippen LogP contribution in [0, 0.1) is 5.82 Å². The van der Waals surface area contributed by atoms with Crippen molar-refractivity contribution in [3.05, 3.63) is 59.0 Å². The molecule has 6 nitrogen and oxygen atoms in total. The summed E-state index contributed by atoms with van der Waals surface area (Å²) >= 11 is 0. The Morgan fingerprint density at radius 2 is 2.15 bits per heavy atom. The molecular weight excluding hydrogens is 339 g/mol. The van der Waals surface area contributed by atoms with Crippen LogP contribution in [0.15, 0.2) is 40.9 Å².